The van der Waals surface area contributed by atoms with Gasteiger partial charge in [-0.05, 0) is 32.6 Å². The molecule has 0 amide bonds. The zero-order chi connectivity index (χ0) is 14.5. The van der Waals surface area contributed by atoms with Crippen LogP contribution in [-0.2, 0) is 4.74 Å². The summed E-state index contributed by atoms with van der Waals surface area (Å²) in [6.45, 7) is 3.68. The predicted molar refractivity (Wildman–Crippen MR) is 69.0 cm³/mol. The van der Waals surface area contributed by atoms with Crippen LogP contribution in [0.25, 0.3) is 0 Å². The van der Waals surface area contributed by atoms with E-state index in [0.717, 1.165) is 19.4 Å². The summed E-state index contributed by atoms with van der Waals surface area (Å²) < 4.78 is 41.8. The minimum Gasteiger partial charge on any atom is -0.383 e. The third-order valence-corrected chi connectivity index (χ3v) is 3.83. The summed E-state index contributed by atoms with van der Waals surface area (Å²) >= 11 is 0. The molecular formula is C13H25F3N2O. The van der Waals surface area contributed by atoms with Crippen molar-refractivity contribution in [2.75, 3.05) is 26.8 Å². The molecular weight excluding hydrogens is 257 g/mol. The molecule has 0 heterocycles. The predicted octanol–water partition coefficient (Wildman–Crippen LogP) is 2.55. The first kappa shape index (κ1) is 16.7. The normalized spacial score (nSPS) is 19.7. The number of alkyl halides is 3. The topological polar surface area (TPSA) is 38.5 Å². The van der Waals surface area contributed by atoms with Crippen molar-refractivity contribution in [2.24, 2.45) is 5.73 Å². The van der Waals surface area contributed by atoms with Gasteiger partial charge in [-0.15, -0.1) is 0 Å². The van der Waals surface area contributed by atoms with Crippen molar-refractivity contribution < 1.29 is 17.9 Å². The Hall–Kier alpha value is -0.330. The highest BCUT2D eigenvalue weighted by Gasteiger charge is 2.40. The monoisotopic (exact) mass is 282 g/mol. The van der Waals surface area contributed by atoms with Gasteiger partial charge in [0.05, 0.1) is 6.61 Å². The molecule has 0 spiro atoms. The first-order valence-corrected chi connectivity index (χ1v) is 6.85. The molecule has 0 aromatic heterocycles. The highest BCUT2D eigenvalue weighted by Crippen LogP contribution is 2.35. The van der Waals surface area contributed by atoms with Gasteiger partial charge >= 0.3 is 6.18 Å². The number of hydrogen-bond donors (Lipinski definition) is 1. The van der Waals surface area contributed by atoms with E-state index in [1.165, 1.54) is 0 Å². The van der Waals surface area contributed by atoms with E-state index in [-0.39, 0.29) is 12.0 Å². The number of nitrogens with two attached hydrogens (primary N) is 1. The van der Waals surface area contributed by atoms with Crippen molar-refractivity contribution in [1.82, 2.24) is 4.90 Å². The number of hydrogen-bond acceptors (Lipinski definition) is 3. The number of halogens is 3. The van der Waals surface area contributed by atoms with E-state index >= 15 is 0 Å². The Balaban J connectivity index is 2.54. The molecule has 0 radical (unpaired) electrons. The molecule has 1 fully saturated rings. The van der Waals surface area contributed by atoms with E-state index in [2.05, 4.69) is 4.90 Å². The zero-order valence-corrected chi connectivity index (χ0v) is 11.8. The van der Waals surface area contributed by atoms with Crippen molar-refractivity contribution in [3.63, 3.8) is 0 Å². The maximum absolute atomic E-state index is 12.2. The smallest absolute Gasteiger partial charge is 0.383 e. The summed E-state index contributed by atoms with van der Waals surface area (Å²) in [5.74, 6) is 0. The van der Waals surface area contributed by atoms with Gasteiger partial charge in [-0.2, -0.15) is 13.2 Å². The van der Waals surface area contributed by atoms with Gasteiger partial charge in [-0.25, -0.2) is 0 Å². The Morgan fingerprint density at radius 2 is 1.89 bits per heavy atom. The average Bonchev–Trinajstić information content (AvgIpc) is 3.12. The van der Waals surface area contributed by atoms with Crippen LogP contribution in [-0.4, -0.2) is 49.5 Å². The first-order valence-electron chi connectivity index (χ1n) is 6.85. The maximum Gasteiger partial charge on any atom is 0.389 e. The van der Waals surface area contributed by atoms with E-state index in [0.29, 0.717) is 25.6 Å². The lowest BCUT2D eigenvalue weighted by molar-refractivity contribution is -0.137. The van der Waals surface area contributed by atoms with Gasteiger partial charge in [-0.1, -0.05) is 0 Å². The minimum absolute atomic E-state index is 0.132. The molecule has 1 saturated carbocycles. The van der Waals surface area contributed by atoms with Crippen LogP contribution in [0, 0.1) is 0 Å². The highest BCUT2D eigenvalue weighted by molar-refractivity contribution is 4.96. The minimum atomic E-state index is -4.08. The third kappa shape index (κ3) is 5.67. The lowest BCUT2D eigenvalue weighted by atomic mass is 9.92. The molecule has 6 heteroatoms. The van der Waals surface area contributed by atoms with E-state index in [9.17, 15) is 13.2 Å². The van der Waals surface area contributed by atoms with Gasteiger partial charge in [0, 0.05) is 38.2 Å². The van der Waals surface area contributed by atoms with E-state index in [1.807, 2.05) is 6.92 Å². The van der Waals surface area contributed by atoms with Gasteiger partial charge in [0.25, 0.3) is 0 Å². The Labute approximate surface area is 113 Å². The van der Waals surface area contributed by atoms with Crippen LogP contribution in [0.1, 0.15) is 39.0 Å². The largest absolute Gasteiger partial charge is 0.389 e. The van der Waals surface area contributed by atoms with Crippen molar-refractivity contribution in [1.29, 1.82) is 0 Å². The molecule has 0 bridgehead atoms. The molecule has 0 saturated heterocycles. The van der Waals surface area contributed by atoms with Crippen LogP contribution >= 0.6 is 0 Å². The van der Waals surface area contributed by atoms with Crippen LogP contribution < -0.4 is 5.73 Å². The SMILES string of the molecule is COCCN(C1CC1)C(C)(CN)CCCC(F)(F)F. The Morgan fingerprint density at radius 1 is 1.26 bits per heavy atom. The second-order valence-corrected chi connectivity index (χ2v) is 5.59. The fourth-order valence-electron chi connectivity index (χ4n) is 2.50. The summed E-state index contributed by atoms with van der Waals surface area (Å²) in [5.41, 5.74) is 5.48. The summed E-state index contributed by atoms with van der Waals surface area (Å²) in [6.07, 6.45) is -1.98. The van der Waals surface area contributed by atoms with E-state index in [1.54, 1.807) is 7.11 Å². The molecule has 19 heavy (non-hydrogen) atoms. The number of ether oxygens (including phenoxy) is 1. The second-order valence-electron chi connectivity index (χ2n) is 5.59. The highest BCUT2D eigenvalue weighted by atomic mass is 19.4. The summed E-state index contributed by atoms with van der Waals surface area (Å²) in [6, 6.07) is 0.467. The average molecular weight is 282 g/mol. The van der Waals surface area contributed by atoms with Crippen LogP contribution in [0.15, 0.2) is 0 Å². The Morgan fingerprint density at radius 3 is 2.32 bits per heavy atom. The Bertz CT molecular complexity index is 269. The number of nitrogens with zero attached hydrogens (tertiary/aromatic N) is 1. The molecule has 1 rings (SSSR count). The third-order valence-electron chi connectivity index (χ3n) is 3.83. The number of rotatable bonds is 9. The van der Waals surface area contributed by atoms with Crippen molar-refractivity contribution in [3.8, 4) is 0 Å². The summed E-state index contributed by atoms with van der Waals surface area (Å²) in [5, 5.41) is 0. The molecule has 2 N–H and O–H groups in total. The van der Waals surface area contributed by atoms with Gasteiger partial charge in [0.1, 0.15) is 0 Å². The molecule has 1 aliphatic carbocycles. The van der Waals surface area contributed by atoms with E-state index < -0.39 is 12.6 Å². The maximum atomic E-state index is 12.2. The lowest BCUT2D eigenvalue weighted by Crippen LogP contribution is -2.53. The van der Waals surface area contributed by atoms with E-state index in [4.69, 9.17) is 10.5 Å². The fraction of sp³-hybridized carbons (Fsp3) is 1.00. The zero-order valence-electron chi connectivity index (χ0n) is 11.8. The summed E-state index contributed by atoms with van der Waals surface area (Å²) in [7, 11) is 1.63. The van der Waals surface area contributed by atoms with Crippen LogP contribution in [0.4, 0.5) is 13.2 Å². The molecule has 0 aromatic carbocycles. The molecule has 0 aromatic rings. The fourth-order valence-corrected chi connectivity index (χ4v) is 2.50. The molecule has 3 nitrogen and oxygen atoms in total. The quantitative estimate of drug-likeness (QED) is 0.706. The standard InChI is InChI=1S/C13H25F3N2O/c1-12(10-17,6-3-7-13(14,15)16)18(8-9-19-2)11-4-5-11/h11H,3-10,17H2,1-2H3. The van der Waals surface area contributed by atoms with Crippen LogP contribution in [0.5, 0.6) is 0 Å². The first-order chi connectivity index (χ1) is 8.82. The molecule has 1 unspecified atom stereocenters. The second kappa shape index (κ2) is 6.90. The van der Waals surface area contributed by atoms with Crippen molar-refractivity contribution in [3.05, 3.63) is 0 Å². The van der Waals surface area contributed by atoms with Crippen LogP contribution in [0.3, 0.4) is 0 Å². The van der Waals surface area contributed by atoms with Gasteiger partial charge in [0.2, 0.25) is 0 Å². The van der Waals surface area contributed by atoms with Crippen LogP contribution in [0.2, 0.25) is 0 Å². The van der Waals surface area contributed by atoms with Gasteiger partial charge in [0.15, 0.2) is 0 Å². The van der Waals surface area contributed by atoms with Gasteiger partial charge < -0.3 is 10.5 Å². The van der Waals surface area contributed by atoms with Gasteiger partial charge in [-0.3, -0.25) is 4.90 Å². The molecule has 114 valence electrons. The lowest BCUT2D eigenvalue weighted by Gasteiger charge is -2.41. The Kier molecular flexibility index (Phi) is 6.08. The molecule has 1 atom stereocenters. The molecule has 0 aliphatic heterocycles. The summed E-state index contributed by atoms with van der Waals surface area (Å²) in [4.78, 5) is 2.24. The van der Waals surface area contributed by atoms with Crippen molar-refractivity contribution >= 4 is 0 Å². The molecule has 1 aliphatic rings. The van der Waals surface area contributed by atoms with Crippen molar-refractivity contribution in [2.45, 2.75) is 56.8 Å². The number of methoxy groups -OCH3 is 1.